The summed E-state index contributed by atoms with van der Waals surface area (Å²) in [6.07, 6.45) is 0. The van der Waals surface area contributed by atoms with Crippen molar-refractivity contribution in [2.75, 3.05) is 0 Å². The minimum Gasteiger partial charge on any atom is -0.303 e. The molecule has 0 aromatic rings. The highest BCUT2D eigenvalue weighted by atomic mass is 15.8. The minimum absolute atomic E-state index is 2.75. The van der Waals surface area contributed by atoms with Gasteiger partial charge in [0.15, 0.2) is 0 Å². The lowest BCUT2D eigenvalue weighted by atomic mass is 12.3. The molecule has 0 saturated heterocycles. The molecule has 0 amide bonds. The summed E-state index contributed by atoms with van der Waals surface area (Å²) in [4.78, 5) is 0. The van der Waals surface area contributed by atoms with Crippen molar-refractivity contribution in [2.45, 2.75) is 0 Å². The first kappa shape index (κ1) is 70.4. The van der Waals surface area contributed by atoms with Gasteiger partial charge in [0.2, 0.25) is 0 Å². The Labute approximate surface area is 461 Å². The molecular weight excluding hydrogens is 1230 g/mol. The second kappa shape index (κ2) is 69.4. The molecule has 444 valence electrons. The zero-order chi connectivity index (χ0) is 62.8. The lowest BCUT2D eigenvalue weighted by Gasteiger charge is -1.71. The molecule has 0 fully saturated rings. The molecule has 88 heteroatoms. The smallest absolute Gasteiger partial charge is 0 e. The maximum atomic E-state index is 4.63. The van der Waals surface area contributed by atoms with Crippen molar-refractivity contribution in [2.24, 2.45) is 461 Å². The van der Waals surface area contributed by atoms with E-state index < -0.39 is 0 Å². The topological polar surface area (TPSA) is 1120 Å². The summed E-state index contributed by atoms with van der Waals surface area (Å²) >= 11 is 0. The van der Waals surface area contributed by atoms with E-state index in [1.165, 1.54) is 0 Å². The van der Waals surface area contributed by atoms with Gasteiger partial charge in [0.1, 0.15) is 0 Å². The molecule has 0 radical (unpaired) electrons. The zero-order valence-electron chi connectivity index (χ0n) is 39.6. The van der Waals surface area contributed by atoms with E-state index in [1.807, 2.05) is 0 Å². The summed E-state index contributed by atoms with van der Waals surface area (Å²) in [7, 11) is 0. The average molecular weight is 1240 g/mol. The largest absolute Gasteiger partial charge is 0.303 e. The predicted octanol–water partition coefficient (Wildman–Crippen LogP) is 14.6. The summed E-state index contributed by atoms with van der Waals surface area (Å²) in [5.41, 5.74) is 0. The number of hydrogen-bond donors (Lipinski definition) is 2. The Morgan fingerprint density at radius 1 is 0.0568 bits per heavy atom. The van der Waals surface area contributed by atoms with Gasteiger partial charge in [0.05, 0.1) is 0 Å². The van der Waals surface area contributed by atoms with Crippen LogP contribution in [0.25, 0.3) is 0 Å². The minimum atomic E-state index is 2.75. The van der Waals surface area contributed by atoms with E-state index in [0.29, 0.717) is 0 Å². The first-order valence-corrected chi connectivity index (χ1v) is 17.5. The normalized spacial score (nSPS) is 15.7. The van der Waals surface area contributed by atoms with Crippen LogP contribution in [0.1, 0.15) is 0 Å². The summed E-state index contributed by atoms with van der Waals surface area (Å²) < 4.78 is 0. The van der Waals surface area contributed by atoms with Gasteiger partial charge in [0, 0.05) is 366 Å². The van der Waals surface area contributed by atoms with Crippen LogP contribution in [0.3, 0.4) is 0 Å². The van der Waals surface area contributed by atoms with Gasteiger partial charge in [-0.15, -0.1) is 0 Å². The SMILES string of the molecule is N/N=N/N=N/N=N/N=N/N=N/N=N/N=N/N=N/N=N/N=N/N=N/N=N/N=N/N=N/N=N/N=N/N=N/N=N/N=N/N=N/N=N/N=N/N=N/N=N/N=N/N=N/N=N/N=N/N=N/N=N/N=N/N=N/N=N/N=N/N=N/N=N/N=N/N=N/N=N/N=N/N=N/N=N/N=N/N. The van der Waals surface area contributed by atoms with E-state index in [2.05, 4.69) is 461 Å². The molecule has 0 atom stereocenters. The Balaban J connectivity index is 4.11. The molecule has 0 heterocycles. The third-order valence-electron chi connectivity index (χ3n) is 3.42. The van der Waals surface area contributed by atoms with Crippen LogP contribution in [0.2, 0.25) is 0 Å². The first-order chi connectivity index (χ1) is 43.9. The van der Waals surface area contributed by atoms with Crippen LogP contribution in [-0.2, 0) is 0 Å². The van der Waals surface area contributed by atoms with Gasteiger partial charge < -0.3 is 11.7 Å². The number of rotatable bonds is 42. The molecular formula is H4N88. The van der Waals surface area contributed by atoms with Crippen molar-refractivity contribution in [3.05, 3.63) is 0 Å². The summed E-state index contributed by atoms with van der Waals surface area (Å²) in [5.74, 6) is 9.27. The van der Waals surface area contributed by atoms with E-state index in [-0.39, 0.29) is 0 Å². The van der Waals surface area contributed by atoms with E-state index in [0.717, 1.165) is 0 Å². The second-order valence-corrected chi connectivity index (χ2v) is 7.74. The standard InChI is InChI=1S/H4N88/c1-3-5-7-9-11-13-15-17-19-21-23-25-27-29-31-33-35-37-39-41-43-45-47-49-51-53-55-57-59-61-63-65-67-69-71-73-75-77-79-81-83-85-87-88-86-84-82-80-78-76-74-72-70-68-66-64-62-60-58-56-54-52-50-48-46-44-42-40-38-36-34-32-30-28-26-24-22-20-18-16-14-12-10-8-6-4-2/h(H2,1,4,5,8,9,12,13,16,17,20,21,24,25,28,29,32,33,36,37,40,41,44,45,48,49,52,53,56,57,60,61,64,65,68,69,72,73,76,77,80,81,84,85,88)(H2,2,3,6,7,10,11,14,15,18,19,22,23,26,27,30,31,34,35,38,39,42,43,46,47,50,51,54,55,58,59,62,63,66,67,70,71,74,75,78,79,82,83,86,87). The third kappa shape index (κ3) is 68.4. The van der Waals surface area contributed by atoms with E-state index in [4.69, 9.17) is 0 Å². The van der Waals surface area contributed by atoms with E-state index >= 15 is 0 Å². The molecule has 0 rings (SSSR count). The van der Waals surface area contributed by atoms with Crippen molar-refractivity contribution in [3.63, 3.8) is 0 Å². The van der Waals surface area contributed by atoms with Crippen LogP contribution < -0.4 is 11.7 Å². The van der Waals surface area contributed by atoms with Crippen molar-refractivity contribution in [3.8, 4) is 0 Å². The van der Waals surface area contributed by atoms with Gasteiger partial charge in [-0.2, -0.15) is 0 Å². The van der Waals surface area contributed by atoms with Gasteiger partial charge in [-0.25, -0.2) is 0 Å². The van der Waals surface area contributed by atoms with Crippen LogP contribution in [0.5, 0.6) is 0 Å². The Hall–Kier alpha value is -17.6. The molecule has 0 aliphatic carbocycles. The molecule has 0 bridgehead atoms. The van der Waals surface area contributed by atoms with Crippen molar-refractivity contribution >= 4 is 0 Å². The fraction of sp³-hybridized carbons (Fsp3) is 0. The van der Waals surface area contributed by atoms with E-state index in [1.54, 1.807) is 0 Å². The van der Waals surface area contributed by atoms with Crippen LogP contribution in [0.15, 0.2) is 449 Å². The Morgan fingerprint density at radius 3 is 0.125 bits per heavy atom. The van der Waals surface area contributed by atoms with Gasteiger partial charge >= 0.3 is 0 Å². The molecule has 4 N–H and O–H groups in total. The maximum Gasteiger partial charge on any atom is 0 e. The zero-order valence-corrected chi connectivity index (χ0v) is 39.6. The van der Waals surface area contributed by atoms with Crippen LogP contribution >= 0.6 is 0 Å². The molecule has 0 aromatic carbocycles. The molecule has 0 aliphatic rings. The lowest BCUT2D eigenvalue weighted by Crippen LogP contribution is -1.70. The van der Waals surface area contributed by atoms with Crippen molar-refractivity contribution in [1.82, 2.24) is 0 Å². The summed E-state index contributed by atoms with van der Waals surface area (Å²) in [6.45, 7) is 0. The van der Waals surface area contributed by atoms with Crippen LogP contribution in [0, 0.1) is 0 Å². The second-order valence-electron chi connectivity index (χ2n) is 7.74. The van der Waals surface area contributed by atoms with Crippen LogP contribution in [0.4, 0.5) is 0 Å². The molecule has 88 heavy (non-hydrogen) atoms. The highest BCUT2D eigenvalue weighted by molar-refractivity contribution is 4.21. The maximum absolute atomic E-state index is 4.63. The van der Waals surface area contributed by atoms with Gasteiger partial charge in [-0.3, -0.25) is 0 Å². The highest BCUT2D eigenvalue weighted by Crippen LogP contribution is 1.97. The predicted molar refractivity (Wildman–Crippen MR) is 217 cm³/mol. The monoisotopic (exact) mass is 1240 g/mol. The first-order valence-electron chi connectivity index (χ1n) is 17.5. The number of nitrogens with two attached hydrogens (primary N) is 2. The summed E-state index contributed by atoms with van der Waals surface area (Å²) in [6, 6.07) is 0. The molecule has 0 saturated carbocycles. The molecule has 0 aromatic heterocycles. The van der Waals surface area contributed by atoms with Gasteiger partial charge in [-0.05, 0) is 73.1 Å². The molecule has 0 aliphatic heterocycles. The van der Waals surface area contributed by atoms with E-state index in [9.17, 15) is 0 Å². The molecule has 0 spiro atoms. The average Bonchev–Trinajstić information content (AvgIpc) is 3.54. The lowest BCUT2D eigenvalue weighted by molar-refractivity contribution is 0.723. The Bertz CT molecular complexity index is 2950. The number of hydrogen-bond acceptors (Lipinski definition) is 2. The summed E-state index contributed by atoms with van der Waals surface area (Å²) in [5, 5.41) is 257. The molecule has 88 nitrogen and oxygen atoms in total. The number of nitrogens with zero attached hydrogens (tertiary/aromatic N) is 86. The third-order valence-corrected chi connectivity index (χ3v) is 3.42. The molecule has 0 unspecified atom stereocenters. The van der Waals surface area contributed by atoms with Gasteiger partial charge in [-0.1, -0.05) is 10.4 Å². The highest BCUT2D eigenvalue weighted by Gasteiger charge is 1.79. The fourth-order valence-electron chi connectivity index (χ4n) is 1.51. The quantitative estimate of drug-likeness (QED) is 0.0342. The van der Waals surface area contributed by atoms with Crippen molar-refractivity contribution < 1.29 is 0 Å². The van der Waals surface area contributed by atoms with Crippen molar-refractivity contribution in [1.29, 1.82) is 0 Å². The van der Waals surface area contributed by atoms with Gasteiger partial charge in [0.25, 0.3) is 0 Å². The fourth-order valence-corrected chi connectivity index (χ4v) is 1.51. The Kier molecular flexibility index (Phi) is 55.5. The van der Waals surface area contributed by atoms with Crippen LogP contribution in [-0.4, -0.2) is 0 Å². The Morgan fingerprint density at radius 2 is 0.0909 bits per heavy atom.